The summed E-state index contributed by atoms with van der Waals surface area (Å²) < 4.78 is 31.6. The number of nitrogens with one attached hydrogen (secondary N) is 1. The van der Waals surface area contributed by atoms with Crippen LogP contribution in [0.2, 0.25) is 0 Å². The number of hydrogen-bond donors (Lipinski definition) is 1. The molecular formula is C14H19F2NO. The molecular weight excluding hydrogens is 236 g/mol. The maximum Gasteiger partial charge on any atom is 0.130 e. The van der Waals surface area contributed by atoms with E-state index in [4.69, 9.17) is 4.74 Å². The van der Waals surface area contributed by atoms with E-state index in [-0.39, 0.29) is 0 Å². The third kappa shape index (κ3) is 4.03. The lowest BCUT2D eigenvalue weighted by atomic mass is 10.1. The summed E-state index contributed by atoms with van der Waals surface area (Å²) in [6.45, 7) is 2.08. The van der Waals surface area contributed by atoms with Gasteiger partial charge < -0.3 is 10.1 Å². The van der Waals surface area contributed by atoms with Crippen LogP contribution in [-0.4, -0.2) is 19.3 Å². The van der Waals surface area contributed by atoms with E-state index < -0.39 is 11.6 Å². The maximum atomic E-state index is 13.3. The molecule has 1 unspecified atom stereocenters. The third-order valence-electron chi connectivity index (χ3n) is 3.25. The minimum Gasteiger partial charge on any atom is -0.378 e. The van der Waals surface area contributed by atoms with Gasteiger partial charge in [-0.25, -0.2) is 8.78 Å². The molecule has 1 aliphatic heterocycles. The van der Waals surface area contributed by atoms with Crippen LogP contribution in [0.15, 0.2) is 18.2 Å². The Balaban J connectivity index is 1.68. The van der Waals surface area contributed by atoms with Gasteiger partial charge in [-0.1, -0.05) is 6.07 Å². The molecule has 0 amide bonds. The molecule has 1 aromatic carbocycles. The Kier molecular flexibility index (Phi) is 5.08. The lowest BCUT2D eigenvalue weighted by Crippen LogP contribution is -2.25. The number of rotatable bonds is 5. The van der Waals surface area contributed by atoms with Gasteiger partial charge in [-0.05, 0) is 38.3 Å². The van der Waals surface area contributed by atoms with Crippen LogP contribution in [0.3, 0.4) is 0 Å². The second kappa shape index (κ2) is 6.81. The highest BCUT2D eigenvalue weighted by Gasteiger charge is 2.13. The van der Waals surface area contributed by atoms with Gasteiger partial charge in [-0.15, -0.1) is 0 Å². The lowest BCUT2D eigenvalue weighted by molar-refractivity contribution is 0.0115. The van der Waals surface area contributed by atoms with Crippen molar-refractivity contribution in [2.24, 2.45) is 0 Å². The van der Waals surface area contributed by atoms with Crippen molar-refractivity contribution < 1.29 is 13.5 Å². The van der Waals surface area contributed by atoms with Gasteiger partial charge in [0.15, 0.2) is 0 Å². The monoisotopic (exact) mass is 255 g/mol. The second-order valence-corrected chi connectivity index (χ2v) is 4.69. The Morgan fingerprint density at radius 1 is 1.28 bits per heavy atom. The average Bonchev–Trinajstić information content (AvgIpc) is 2.38. The molecule has 1 aromatic rings. The molecule has 1 aliphatic rings. The second-order valence-electron chi connectivity index (χ2n) is 4.69. The Bertz CT molecular complexity index is 378. The zero-order chi connectivity index (χ0) is 12.8. The molecule has 0 saturated carbocycles. The molecule has 0 aliphatic carbocycles. The van der Waals surface area contributed by atoms with Crippen molar-refractivity contribution >= 4 is 0 Å². The summed E-state index contributed by atoms with van der Waals surface area (Å²) in [4.78, 5) is 0. The molecule has 2 rings (SSSR count). The van der Waals surface area contributed by atoms with Crippen molar-refractivity contribution in [1.29, 1.82) is 0 Å². The van der Waals surface area contributed by atoms with E-state index in [0.29, 0.717) is 18.2 Å². The molecule has 1 N–H and O–H groups in total. The van der Waals surface area contributed by atoms with Crippen LogP contribution in [0.1, 0.15) is 31.2 Å². The predicted molar refractivity (Wildman–Crippen MR) is 66.3 cm³/mol. The van der Waals surface area contributed by atoms with Gasteiger partial charge in [0.25, 0.3) is 0 Å². The summed E-state index contributed by atoms with van der Waals surface area (Å²) in [5.41, 5.74) is 0.501. The quantitative estimate of drug-likeness (QED) is 0.817. The first-order valence-corrected chi connectivity index (χ1v) is 6.52. The van der Waals surface area contributed by atoms with Crippen molar-refractivity contribution in [3.63, 3.8) is 0 Å². The minimum absolute atomic E-state index is 0.337. The number of benzene rings is 1. The van der Waals surface area contributed by atoms with Gasteiger partial charge in [0.2, 0.25) is 0 Å². The summed E-state index contributed by atoms with van der Waals surface area (Å²) >= 11 is 0. The van der Waals surface area contributed by atoms with Gasteiger partial charge in [0, 0.05) is 24.8 Å². The van der Waals surface area contributed by atoms with Crippen LogP contribution >= 0.6 is 0 Å². The number of hydrogen-bond acceptors (Lipinski definition) is 2. The van der Waals surface area contributed by atoms with Crippen molar-refractivity contribution in [2.45, 2.75) is 38.3 Å². The van der Waals surface area contributed by atoms with Crippen molar-refractivity contribution in [2.75, 3.05) is 13.2 Å². The van der Waals surface area contributed by atoms with Gasteiger partial charge in [0.1, 0.15) is 11.6 Å². The van der Waals surface area contributed by atoms with Crippen LogP contribution in [-0.2, 0) is 11.3 Å². The fourth-order valence-electron chi connectivity index (χ4n) is 2.19. The van der Waals surface area contributed by atoms with Crippen LogP contribution in [0.4, 0.5) is 8.78 Å². The van der Waals surface area contributed by atoms with Crippen LogP contribution in [0.5, 0.6) is 0 Å². The molecule has 1 saturated heterocycles. The molecule has 1 heterocycles. The fraction of sp³-hybridized carbons (Fsp3) is 0.571. The number of halogens is 2. The predicted octanol–water partition coefficient (Wildman–Crippen LogP) is 3.01. The van der Waals surface area contributed by atoms with Crippen LogP contribution in [0, 0.1) is 11.6 Å². The summed E-state index contributed by atoms with van der Waals surface area (Å²) in [5, 5.41) is 3.17. The van der Waals surface area contributed by atoms with Crippen molar-refractivity contribution in [3.05, 3.63) is 35.4 Å². The van der Waals surface area contributed by atoms with Gasteiger partial charge in [0.05, 0.1) is 6.10 Å². The fourth-order valence-corrected chi connectivity index (χ4v) is 2.19. The highest BCUT2D eigenvalue weighted by molar-refractivity contribution is 5.18. The Labute approximate surface area is 106 Å². The Hall–Kier alpha value is -1.00. The minimum atomic E-state index is -0.535. The standard InChI is InChI=1S/C14H19F2NO/c15-12-5-4-11(14(16)9-12)10-17-7-6-13-3-1-2-8-18-13/h4-5,9,13,17H,1-3,6-8,10H2. The van der Waals surface area contributed by atoms with Crippen molar-refractivity contribution in [3.8, 4) is 0 Å². The molecule has 100 valence electrons. The largest absolute Gasteiger partial charge is 0.378 e. The van der Waals surface area contributed by atoms with Crippen LogP contribution in [0.25, 0.3) is 0 Å². The van der Waals surface area contributed by atoms with E-state index >= 15 is 0 Å². The van der Waals surface area contributed by atoms with E-state index in [0.717, 1.165) is 38.5 Å². The van der Waals surface area contributed by atoms with Gasteiger partial charge in [-0.2, -0.15) is 0 Å². The Morgan fingerprint density at radius 2 is 2.17 bits per heavy atom. The SMILES string of the molecule is Fc1ccc(CNCCC2CCCCO2)c(F)c1. The molecule has 1 atom stereocenters. The molecule has 4 heteroatoms. The molecule has 18 heavy (non-hydrogen) atoms. The summed E-state index contributed by atoms with van der Waals surface area (Å²) in [5.74, 6) is -1.02. The first-order chi connectivity index (χ1) is 8.75. The molecule has 0 aromatic heterocycles. The maximum absolute atomic E-state index is 13.3. The normalized spacial score (nSPS) is 20.0. The van der Waals surface area contributed by atoms with Gasteiger partial charge in [-0.3, -0.25) is 0 Å². The first-order valence-electron chi connectivity index (χ1n) is 6.52. The van der Waals surface area contributed by atoms with E-state index in [2.05, 4.69) is 5.32 Å². The van der Waals surface area contributed by atoms with Gasteiger partial charge >= 0.3 is 0 Å². The molecule has 0 spiro atoms. The molecule has 0 radical (unpaired) electrons. The van der Waals surface area contributed by atoms with E-state index in [1.807, 2.05) is 0 Å². The van der Waals surface area contributed by atoms with Crippen molar-refractivity contribution in [1.82, 2.24) is 5.32 Å². The zero-order valence-electron chi connectivity index (χ0n) is 10.4. The summed E-state index contributed by atoms with van der Waals surface area (Å²) in [6, 6.07) is 3.68. The number of ether oxygens (including phenoxy) is 1. The lowest BCUT2D eigenvalue weighted by Gasteiger charge is -2.22. The highest BCUT2D eigenvalue weighted by Crippen LogP contribution is 2.15. The average molecular weight is 255 g/mol. The topological polar surface area (TPSA) is 21.3 Å². The Morgan fingerprint density at radius 3 is 2.89 bits per heavy atom. The highest BCUT2D eigenvalue weighted by atomic mass is 19.1. The summed E-state index contributed by atoms with van der Waals surface area (Å²) in [7, 11) is 0. The molecule has 0 bridgehead atoms. The third-order valence-corrected chi connectivity index (χ3v) is 3.25. The van der Waals surface area contributed by atoms with E-state index in [9.17, 15) is 8.78 Å². The summed E-state index contributed by atoms with van der Waals surface area (Å²) in [6.07, 6.45) is 4.79. The smallest absolute Gasteiger partial charge is 0.130 e. The van der Waals surface area contributed by atoms with Crippen LogP contribution < -0.4 is 5.32 Å². The van der Waals surface area contributed by atoms with E-state index in [1.165, 1.54) is 18.6 Å². The molecule has 1 fully saturated rings. The van der Waals surface area contributed by atoms with E-state index in [1.54, 1.807) is 0 Å². The first kappa shape index (κ1) is 13.4. The molecule has 2 nitrogen and oxygen atoms in total. The zero-order valence-corrected chi connectivity index (χ0v) is 10.4.